The number of rotatable bonds is 8. The molecule has 0 fully saturated rings. The lowest BCUT2D eigenvalue weighted by atomic mass is 9.97. The first-order valence-electron chi connectivity index (χ1n) is 7.59. The van der Waals surface area contributed by atoms with Gasteiger partial charge in [-0.15, -0.1) is 11.3 Å². The molecule has 1 aromatic heterocycles. The second kappa shape index (κ2) is 8.57. The molecule has 23 heavy (non-hydrogen) atoms. The number of carbonyl (C=O) groups is 1. The van der Waals surface area contributed by atoms with E-state index in [1.807, 2.05) is 43.5 Å². The fourth-order valence-corrected chi connectivity index (χ4v) is 3.57. The van der Waals surface area contributed by atoms with Crippen molar-refractivity contribution in [2.24, 2.45) is 11.8 Å². The molecule has 0 radical (unpaired) electrons. The van der Waals surface area contributed by atoms with Crippen LogP contribution in [0.5, 0.6) is 0 Å². The summed E-state index contributed by atoms with van der Waals surface area (Å²) in [7, 11) is 0. The normalized spacial score (nSPS) is 12.5. The predicted octanol–water partition coefficient (Wildman–Crippen LogP) is 4.41. The summed E-state index contributed by atoms with van der Waals surface area (Å²) in [5.74, 6) is -0.710. The molecule has 0 saturated heterocycles. The Balaban J connectivity index is 1.91. The fraction of sp³-hybridized carbons (Fsp3) is 0.412. The second-order valence-corrected chi connectivity index (χ2v) is 7.72. The number of carboxylic acids is 1. The Kier molecular flexibility index (Phi) is 6.74. The van der Waals surface area contributed by atoms with E-state index in [4.69, 9.17) is 0 Å². The maximum atomic E-state index is 11.2. The molecule has 1 heterocycles. The molecular weight excluding hydrogens is 376 g/mol. The van der Waals surface area contributed by atoms with Crippen LogP contribution in [-0.4, -0.2) is 22.6 Å². The van der Waals surface area contributed by atoms with Crippen LogP contribution in [0.1, 0.15) is 26.0 Å². The highest BCUT2D eigenvalue weighted by Crippen LogP contribution is 2.26. The zero-order valence-corrected chi connectivity index (χ0v) is 15.7. The summed E-state index contributed by atoms with van der Waals surface area (Å²) in [6.07, 6.45) is 0.683. The van der Waals surface area contributed by atoms with Crippen molar-refractivity contribution in [2.75, 3.05) is 6.54 Å². The molecule has 0 spiro atoms. The SMILES string of the molecule is CC(C)CC(CNCc1csc(-c2cccc(Br)c2)n1)C(=O)O. The van der Waals surface area contributed by atoms with Gasteiger partial charge in [0.2, 0.25) is 0 Å². The number of hydrogen-bond acceptors (Lipinski definition) is 4. The Morgan fingerprint density at radius 1 is 1.43 bits per heavy atom. The van der Waals surface area contributed by atoms with Gasteiger partial charge < -0.3 is 10.4 Å². The summed E-state index contributed by atoms with van der Waals surface area (Å²) in [4.78, 5) is 15.9. The third-order valence-corrected chi connectivity index (χ3v) is 4.86. The van der Waals surface area contributed by atoms with Crippen molar-refractivity contribution < 1.29 is 9.90 Å². The zero-order chi connectivity index (χ0) is 16.8. The van der Waals surface area contributed by atoms with E-state index in [2.05, 4.69) is 26.2 Å². The molecular formula is C17H21BrN2O2S. The first kappa shape index (κ1) is 18.1. The van der Waals surface area contributed by atoms with Gasteiger partial charge in [0.25, 0.3) is 0 Å². The molecule has 2 N–H and O–H groups in total. The quantitative estimate of drug-likeness (QED) is 0.693. The van der Waals surface area contributed by atoms with Crippen LogP contribution in [0, 0.1) is 11.8 Å². The van der Waals surface area contributed by atoms with Crippen LogP contribution in [0.15, 0.2) is 34.1 Å². The molecule has 0 saturated carbocycles. The Labute approximate surface area is 149 Å². The fourth-order valence-electron chi connectivity index (χ4n) is 2.36. The van der Waals surface area contributed by atoms with E-state index in [1.54, 1.807) is 11.3 Å². The van der Waals surface area contributed by atoms with Crippen LogP contribution in [0.3, 0.4) is 0 Å². The number of benzene rings is 1. The molecule has 0 aliphatic carbocycles. The second-order valence-electron chi connectivity index (χ2n) is 5.95. The summed E-state index contributed by atoms with van der Waals surface area (Å²) in [6.45, 7) is 5.14. The molecule has 1 aromatic carbocycles. The average Bonchev–Trinajstić information content (AvgIpc) is 2.94. The highest BCUT2D eigenvalue weighted by molar-refractivity contribution is 9.10. The third-order valence-electron chi connectivity index (χ3n) is 3.43. The van der Waals surface area contributed by atoms with Crippen LogP contribution in [0.4, 0.5) is 0 Å². The number of carboxylic acid groups (broad SMARTS) is 1. The molecule has 1 unspecified atom stereocenters. The number of thiazole rings is 1. The molecule has 4 nitrogen and oxygen atoms in total. The molecule has 0 aliphatic heterocycles. The van der Waals surface area contributed by atoms with E-state index in [0.29, 0.717) is 25.4 Å². The minimum Gasteiger partial charge on any atom is -0.481 e. The van der Waals surface area contributed by atoms with Crippen molar-refractivity contribution >= 4 is 33.2 Å². The van der Waals surface area contributed by atoms with Crippen LogP contribution in [0.25, 0.3) is 10.6 Å². The minimum atomic E-state index is -0.737. The maximum absolute atomic E-state index is 11.2. The topological polar surface area (TPSA) is 62.2 Å². The molecule has 0 aliphatic rings. The monoisotopic (exact) mass is 396 g/mol. The highest BCUT2D eigenvalue weighted by Gasteiger charge is 2.18. The van der Waals surface area contributed by atoms with Crippen LogP contribution >= 0.6 is 27.3 Å². The standard InChI is InChI=1S/C17H21BrN2O2S/c1-11(2)6-13(17(21)22)8-19-9-15-10-23-16(20-15)12-4-3-5-14(18)7-12/h3-5,7,10-11,13,19H,6,8-9H2,1-2H3,(H,21,22). The summed E-state index contributed by atoms with van der Waals surface area (Å²) in [5.41, 5.74) is 2.03. The summed E-state index contributed by atoms with van der Waals surface area (Å²) < 4.78 is 1.03. The Bertz CT molecular complexity index is 658. The van der Waals surface area contributed by atoms with Gasteiger partial charge in [0, 0.05) is 28.5 Å². The lowest BCUT2D eigenvalue weighted by molar-refractivity contribution is -0.142. The van der Waals surface area contributed by atoms with Crippen molar-refractivity contribution in [3.63, 3.8) is 0 Å². The number of aliphatic carboxylic acids is 1. The summed E-state index contributed by atoms with van der Waals surface area (Å²) in [6, 6.07) is 8.05. The van der Waals surface area contributed by atoms with Gasteiger partial charge in [-0.05, 0) is 24.5 Å². The third kappa shape index (κ3) is 5.71. The lowest BCUT2D eigenvalue weighted by Gasteiger charge is -2.14. The van der Waals surface area contributed by atoms with Crippen LogP contribution < -0.4 is 5.32 Å². The Morgan fingerprint density at radius 2 is 2.22 bits per heavy atom. The van der Waals surface area contributed by atoms with E-state index in [9.17, 15) is 9.90 Å². The number of hydrogen-bond donors (Lipinski definition) is 2. The van der Waals surface area contributed by atoms with Gasteiger partial charge in [0.1, 0.15) is 5.01 Å². The van der Waals surface area contributed by atoms with Crippen LogP contribution in [-0.2, 0) is 11.3 Å². The van der Waals surface area contributed by atoms with Crippen molar-refractivity contribution in [1.82, 2.24) is 10.3 Å². The van der Waals surface area contributed by atoms with Gasteiger partial charge in [0.15, 0.2) is 0 Å². The molecule has 1 atom stereocenters. The first-order valence-corrected chi connectivity index (χ1v) is 9.27. The lowest BCUT2D eigenvalue weighted by Crippen LogP contribution is -2.29. The van der Waals surface area contributed by atoms with E-state index in [1.165, 1.54) is 0 Å². The van der Waals surface area contributed by atoms with Gasteiger partial charge in [-0.2, -0.15) is 0 Å². The predicted molar refractivity (Wildman–Crippen MR) is 97.5 cm³/mol. The molecule has 2 rings (SSSR count). The van der Waals surface area contributed by atoms with E-state index >= 15 is 0 Å². The average molecular weight is 397 g/mol. The molecule has 2 aromatic rings. The first-order chi connectivity index (χ1) is 11.0. The summed E-state index contributed by atoms with van der Waals surface area (Å²) in [5, 5.41) is 15.4. The summed E-state index contributed by atoms with van der Waals surface area (Å²) >= 11 is 5.06. The molecule has 6 heteroatoms. The largest absolute Gasteiger partial charge is 0.481 e. The van der Waals surface area contributed by atoms with E-state index < -0.39 is 5.97 Å². The number of nitrogens with one attached hydrogen (secondary N) is 1. The van der Waals surface area contributed by atoms with Crippen molar-refractivity contribution in [3.05, 3.63) is 39.8 Å². The van der Waals surface area contributed by atoms with Gasteiger partial charge in [0.05, 0.1) is 11.6 Å². The van der Waals surface area contributed by atoms with Crippen LogP contribution in [0.2, 0.25) is 0 Å². The number of aromatic nitrogens is 1. The van der Waals surface area contributed by atoms with Gasteiger partial charge >= 0.3 is 5.97 Å². The minimum absolute atomic E-state index is 0.349. The van der Waals surface area contributed by atoms with Gasteiger partial charge in [-0.3, -0.25) is 4.79 Å². The van der Waals surface area contributed by atoms with E-state index in [0.717, 1.165) is 20.7 Å². The van der Waals surface area contributed by atoms with Crippen molar-refractivity contribution in [1.29, 1.82) is 0 Å². The van der Waals surface area contributed by atoms with Gasteiger partial charge in [-0.1, -0.05) is 41.9 Å². The molecule has 124 valence electrons. The number of halogens is 1. The Hall–Kier alpha value is -1.24. The van der Waals surface area contributed by atoms with Crippen molar-refractivity contribution in [2.45, 2.75) is 26.8 Å². The molecule has 0 amide bonds. The maximum Gasteiger partial charge on any atom is 0.307 e. The molecule has 0 bridgehead atoms. The smallest absolute Gasteiger partial charge is 0.307 e. The van der Waals surface area contributed by atoms with Crippen molar-refractivity contribution in [3.8, 4) is 10.6 Å². The highest BCUT2D eigenvalue weighted by atomic mass is 79.9. The van der Waals surface area contributed by atoms with E-state index in [-0.39, 0.29) is 5.92 Å². The zero-order valence-electron chi connectivity index (χ0n) is 13.3. The number of nitrogens with zero attached hydrogens (tertiary/aromatic N) is 1. The van der Waals surface area contributed by atoms with Gasteiger partial charge in [-0.25, -0.2) is 4.98 Å². The Morgan fingerprint density at radius 3 is 2.87 bits per heavy atom.